The number of aromatic nitrogens is 3. The highest BCUT2D eigenvalue weighted by molar-refractivity contribution is 6.30. The van der Waals surface area contributed by atoms with Crippen LogP contribution in [-0.4, -0.2) is 32.5 Å². The van der Waals surface area contributed by atoms with Crippen LogP contribution < -0.4 is 10.6 Å². The molecule has 1 aliphatic heterocycles. The van der Waals surface area contributed by atoms with Crippen molar-refractivity contribution in [3.8, 4) is 0 Å². The normalized spacial score (nSPS) is 17.9. The number of carbonyl (C=O) groups excluding carboxylic acids is 2. The van der Waals surface area contributed by atoms with E-state index in [1.807, 2.05) is 30.3 Å². The Labute approximate surface area is 171 Å². The van der Waals surface area contributed by atoms with Gasteiger partial charge in [0, 0.05) is 34.7 Å². The van der Waals surface area contributed by atoms with E-state index in [1.165, 1.54) is 0 Å². The number of hydrogen-bond donors (Lipinski definition) is 2. The molecule has 1 saturated heterocycles. The smallest absolute Gasteiger partial charge is 0.254 e. The maximum absolute atomic E-state index is 11.9. The van der Waals surface area contributed by atoms with Crippen molar-refractivity contribution in [3.05, 3.63) is 63.9 Å². The van der Waals surface area contributed by atoms with Gasteiger partial charge in [0.1, 0.15) is 5.82 Å². The molecular formula is C21H18ClN5O2. The van der Waals surface area contributed by atoms with Gasteiger partial charge < -0.3 is 5.32 Å². The zero-order valence-corrected chi connectivity index (χ0v) is 16.2. The minimum atomic E-state index is -0.358. The number of nitrogens with one attached hydrogen (secondary N) is 2. The lowest BCUT2D eigenvalue weighted by atomic mass is 10.1. The molecule has 1 aliphatic carbocycles. The van der Waals surface area contributed by atoms with E-state index in [0.717, 1.165) is 29.9 Å². The second-order valence-corrected chi connectivity index (χ2v) is 7.85. The van der Waals surface area contributed by atoms with Gasteiger partial charge in [0.2, 0.25) is 5.91 Å². The summed E-state index contributed by atoms with van der Waals surface area (Å²) in [5, 5.41) is 11.0. The molecule has 3 heterocycles. The summed E-state index contributed by atoms with van der Waals surface area (Å²) < 4.78 is 1.75. The van der Waals surface area contributed by atoms with E-state index in [4.69, 9.17) is 16.6 Å². The quantitative estimate of drug-likeness (QED) is 0.501. The van der Waals surface area contributed by atoms with Gasteiger partial charge in [-0.15, -0.1) is 0 Å². The van der Waals surface area contributed by atoms with Gasteiger partial charge in [-0.25, -0.2) is 4.98 Å². The van der Waals surface area contributed by atoms with Gasteiger partial charge in [-0.3, -0.25) is 14.9 Å². The average molecular weight is 408 g/mol. The summed E-state index contributed by atoms with van der Waals surface area (Å²) in [6.45, 7) is 0. The Kier molecular flexibility index (Phi) is 4.32. The second-order valence-electron chi connectivity index (χ2n) is 7.41. The van der Waals surface area contributed by atoms with Gasteiger partial charge in [0.05, 0.1) is 18.3 Å². The number of imide groups is 1. The molecule has 1 aromatic carbocycles. The van der Waals surface area contributed by atoms with Gasteiger partial charge >= 0.3 is 0 Å². The molecule has 1 saturated carbocycles. The maximum Gasteiger partial charge on any atom is 0.254 e. The first-order valence-corrected chi connectivity index (χ1v) is 9.86. The van der Waals surface area contributed by atoms with Crippen LogP contribution >= 0.6 is 11.6 Å². The van der Waals surface area contributed by atoms with Crippen molar-refractivity contribution in [2.75, 3.05) is 5.32 Å². The van der Waals surface area contributed by atoms with E-state index < -0.39 is 0 Å². The van der Waals surface area contributed by atoms with Gasteiger partial charge in [-0.1, -0.05) is 23.7 Å². The molecular weight excluding hydrogens is 390 g/mol. The van der Waals surface area contributed by atoms with Gasteiger partial charge in [-0.2, -0.15) is 9.61 Å². The van der Waals surface area contributed by atoms with E-state index in [0.29, 0.717) is 34.3 Å². The predicted octanol–water partition coefficient (Wildman–Crippen LogP) is 2.98. The Morgan fingerprint density at radius 3 is 2.72 bits per heavy atom. The minimum Gasteiger partial charge on any atom is -0.367 e. The highest BCUT2D eigenvalue weighted by Crippen LogP contribution is 2.27. The molecule has 2 fully saturated rings. The Hall–Kier alpha value is -3.19. The third-order valence-electron chi connectivity index (χ3n) is 5.01. The molecule has 5 rings (SSSR count). The predicted molar refractivity (Wildman–Crippen MR) is 110 cm³/mol. The fourth-order valence-electron chi connectivity index (χ4n) is 3.38. The Bertz CT molecular complexity index is 1160. The van der Waals surface area contributed by atoms with Crippen LogP contribution in [0.25, 0.3) is 11.7 Å². The molecule has 0 radical (unpaired) electrons. The highest BCUT2D eigenvalue weighted by atomic mass is 35.5. The van der Waals surface area contributed by atoms with Crippen molar-refractivity contribution in [1.82, 2.24) is 19.9 Å². The van der Waals surface area contributed by atoms with E-state index in [-0.39, 0.29) is 18.2 Å². The molecule has 8 heteroatoms. The maximum atomic E-state index is 11.9. The molecule has 2 aromatic heterocycles. The lowest BCUT2D eigenvalue weighted by Crippen LogP contribution is -2.19. The fourth-order valence-corrected chi connectivity index (χ4v) is 3.51. The minimum absolute atomic E-state index is 0.0772. The number of benzene rings is 1. The van der Waals surface area contributed by atoms with Crippen molar-refractivity contribution in [2.24, 2.45) is 0 Å². The van der Waals surface area contributed by atoms with Crippen molar-refractivity contribution in [2.45, 2.75) is 31.7 Å². The van der Waals surface area contributed by atoms with Crippen LogP contribution in [0.1, 0.15) is 36.1 Å². The lowest BCUT2D eigenvalue weighted by molar-refractivity contribution is -0.124. The molecule has 146 valence electrons. The van der Waals surface area contributed by atoms with Crippen molar-refractivity contribution < 1.29 is 9.59 Å². The summed E-state index contributed by atoms with van der Waals surface area (Å²) >= 11 is 5.99. The summed E-state index contributed by atoms with van der Waals surface area (Å²) in [7, 11) is 0. The van der Waals surface area contributed by atoms with Crippen molar-refractivity contribution in [3.63, 3.8) is 0 Å². The summed E-state index contributed by atoms with van der Waals surface area (Å²) in [5.74, 6) is 0.228. The summed E-state index contributed by atoms with van der Waals surface area (Å²) in [4.78, 5) is 28.2. The third kappa shape index (κ3) is 3.73. The molecule has 2 amide bonds. The van der Waals surface area contributed by atoms with Crippen LogP contribution in [0, 0.1) is 0 Å². The lowest BCUT2D eigenvalue weighted by Gasteiger charge is -2.10. The Balaban J connectivity index is 1.56. The average Bonchev–Trinajstić information content (AvgIpc) is 3.33. The topological polar surface area (TPSA) is 88.4 Å². The first kappa shape index (κ1) is 17.9. The van der Waals surface area contributed by atoms with Gasteiger partial charge in [0.25, 0.3) is 5.91 Å². The number of amides is 2. The SMILES string of the molecule is O=C1C/C(=C\c2cnn3c(NC4CC4)cc(Cc4ccc(Cl)cc4)nc23)C(=O)N1. The number of anilines is 1. The molecule has 0 atom stereocenters. The summed E-state index contributed by atoms with van der Waals surface area (Å²) in [6, 6.07) is 10.2. The number of hydrogen-bond acceptors (Lipinski definition) is 5. The van der Waals surface area contributed by atoms with Crippen LogP contribution in [0.2, 0.25) is 5.02 Å². The number of fused-ring (bicyclic) bond motifs is 1. The molecule has 29 heavy (non-hydrogen) atoms. The first-order valence-electron chi connectivity index (χ1n) is 9.48. The molecule has 2 aliphatic rings. The number of nitrogens with zero attached hydrogens (tertiary/aromatic N) is 3. The first-order chi connectivity index (χ1) is 14.0. The molecule has 3 aromatic rings. The van der Waals surface area contributed by atoms with Crippen LogP contribution in [0.4, 0.5) is 5.82 Å². The van der Waals surface area contributed by atoms with Crippen molar-refractivity contribution >= 4 is 41.0 Å². The zero-order chi connectivity index (χ0) is 20.0. The van der Waals surface area contributed by atoms with Crippen molar-refractivity contribution in [1.29, 1.82) is 0 Å². The molecule has 0 spiro atoms. The Morgan fingerprint density at radius 1 is 1.24 bits per heavy atom. The number of halogens is 1. The molecule has 7 nitrogen and oxygen atoms in total. The Morgan fingerprint density at radius 2 is 2.03 bits per heavy atom. The van der Waals surface area contributed by atoms with Crippen LogP contribution in [0.3, 0.4) is 0 Å². The van der Waals surface area contributed by atoms with Crippen LogP contribution in [-0.2, 0) is 16.0 Å². The fraction of sp³-hybridized carbons (Fsp3) is 0.238. The summed E-state index contributed by atoms with van der Waals surface area (Å²) in [5.41, 5.74) is 3.77. The zero-order valence-electron chi connectivity index (χ0n) is 15.5. The van der Waals surface area contributed by atoms with Gasteiger partial charge in [-0.05, 0) is 36.6 Å². The van der Waals surface area contributed by atoms with Crippen LogP contribution in [0.15, 0.2) is 42.1 Å². The molecule has 2 N–H and O–H groups in total. The second kappa shape index (κ2) is 7.00. The van der Waals surface area contributed by atoms with E-state index in [2.05, 4.69) is 15.7 Å². The number of rotatable bonds is 5. The summed E-state index contributed by atoms with van der Waals surface area (Å²) in [6.07, 6.45) is 6.37. The largest absolute Gasteiger partial charge is 0.367 e. The monoisotopic (exact) mass is 407 g/mol. The van der Waals surface area contributed by atoms with E-state index in [1.54, 1.807) is 16.8 Å². The van der Waals surface area contributed by atoms with Gasteiger partial charge in [0.15, 0.2) is 5.65 Å². The van der Waals surface area contributed by atoms with Crippen LogP contribution in [0.5, 0.6) is 0 Å². The van der Waals surface area contributed by atoms with E-state index >= 15 is 0 Å². The van der Waals surface area contributed by atoms with E-state index in [9.17, 15) is 9.59 Å². The highest BCUT2D eigenvalue weighted by Gasteiger charge is 2.25. The molecule has 0 unspecified atom stereocenters. The number of carbonyl (C=O) groups is 2. The third-order valence-corrected chi connectivity index (χ3v) is 5.26. The standard InChI is InChI=1S/C21H18ClN5O2/c22-15-3-1-12(2-4-15)7-17-10-18(24-16-5-6-16)27-20(25-17)14(11-23-27)8-13-9-19(28)26-21(13)29/h1-4,8,10-11,16,24H,5-7,9H2,(H,26,28,29)/b13-8+. The molecule has 0 bridgehead atoms.